The Bertz CT molecular complexity index is 645. The lowest BCUT2D eigenvalue weighted by Gasteiger charge is -2.47. The molecule has 0 bridgehead atoms. The van der Waals surface area contributed by atoms with Crippen LogP contribution in [-0.2, 0) is 16.6 Å². The van der Waals surface area contributed by atoms with Crippen LogP contribution in [0.25, 0.3) is 0 Å². The predicted molar refractivity (Wildman–Crippen MR) is 82.7 cm³/mol. The maximum Gasteiger partial charge on any atom is 0.217 e. The summed E-state index contributed by atoms with van der Waals surface area (Å²) in [6.07, 6.45) is 2.84. The third kappa shape index (κ3) is 2.54. The highest BCUT2D eigenvalue weighted by atomic mass is 32.2. The van der Waals surface area contributed by atoms with Gasteiger partial charge >= 0.3 is 0 Å². The highest BCUT2D eigenvalue weighted by molar-refractivity contribution is 7.90. The van der Waals surface area contributed by atoms with Gasteiger partial charge in [0.2, 0.25) is 10.0 Å². The van der Waals surface area contributed by atoms with Gasteiger partial charge in [-0.25, -0.2) is 17.7 Å². The van der Waals surface area contributed by atoms with E-state index in [9.17, 15) is 8.42 Å². The molecule has 4 rings (SSSR count). The number of nitrogens with zero attached hydrogens (tertiary/aromatic N) is 3. The molecule has 0 atom stereocenters. The average molecular weight is 327 g/mol. The van der Waals surface area contributed by atoms with E-state index in [1.165, 1.54) is 0 Å². The molecule has 3 fully saturated rings. The molecule has 1 aliphatic carbocycles. The van der Waals surface area contributed by atoms with Gasteiger partial charge in [0.05, 0.1) is 16.0 Å². The molecule has 0 radical (unpaired) electrons. The number of hydrogen-bond acceptors (Lipinski definition) is 5. The Hall–Kier alpha value is -0.500. The van der Waals surface area contributed by atoms with Crippen LogP contribution in [0.4, 0.5) is 0 Å². The van der Waals surface area contributed by atoms with E-state index < -0.39 is 10.0 Å². The third-order valence-electron chi connectivity index (χ3n) is 4.90. The number of aryl methyl sites for hydroxylation is 1. The van der Waals surface area contributed by atoms with E-state index in [-0.39, 0.29) is 10.7 Å². The van der Waals surface area contributed by atoms with Gasteiger partial charge < -0.3 is 0 Å². The van der Waals surface area contributed by atoms with Crippen LogP contribution in [-0.4, -0.2) is 54.0 Å². The number of sulfonamides is 1. The first-order valence-electron chi connectivity index (χ1n) is 7.59. The maximum atomic E-state index is 12.2. The van der Waals surface area contributed by atoms with Crippen LogP contribution in [0.3, 0.4) is 0 Å². The molecule has 1 aromatic heterocycles. The fourth-order valence-corrected chi connectivity index (χ4v) is 6.25. The summed E-state index contributed by atoms with van der Waals surface area (Å²) in [6, 6.07) is 0. The van der Waals surface area contributed by atoms with Crippen LogP contribution in [0.2, 0.25) is 0 Å². The number of likely N-dealkylation sites (tertiary alicyclic amines) is 1. The quantitative estimate of drug-likeness (QED) is 0.840. The molecule has 1 saturated carbocycles. The van der Waals surface area contributed by atoms with Crippen molar-refractivity contribution < 1.29 is 8.42 Å². The summed E-state index contributed by atoms with van der Waals surface area (Å²) in [5, 5.41) is 3.18. The highest BCUT2D eigenvalue weighted by Gasteiger charge is 2.54. The fraction of sp³-hybridized carbons (Fsp3) is 0.786. The smallest absolute Gasteiger partial charge is 0.217 e. The van der Waals surface area contributed by atoms with Gasteiger partial charge in [-0.3, -0.25) is 4.90 Å². The fourth-order valence-electron chi connectivity index (χ4n) is 3.59. The van der Waals surface area contributed by atoms with Gasteiger partial charge in [-0.2, -0.15) is 0 Å². The molecule has 1 spiro atoms. The van der Waals surface area contributed by atoms with E-state index in [2.05, 4.69) is 15.3 Å². The Morgan fingerprint density at radius 2 is 2.14 bits per heavy atom. The molecular formula is C14H21N3O2S2. The third-order valence-corrected chi connectivity index (χ3v) is 8.01. The summed E-state index contributed by atoms with van der Waals surface area (Å²) in [7, 11) is -2.96. The lowest BCUT2D eigenvalue weighted by atomic mass is 9.81. The standard InChI is InChI=1S/C14H21N3O2S2/c1-11-15-12(7-20-11)6-16-5-4-14(8-16)9-17(10-14)21(18,19)13-2-3-13/h7,13H,2-6,8-10H2,1H3. The minimum Gasteiger partial charge on any atom is -0.297 e. The molecule has 3 heterocycles. The Balaban J connectivity index is 1.35. The van der Waals surface area contributed by atoms with Crippen LogP contribution in [0.15, 0.2) is 5.38 Å². The second-order valence-electron chi connectivity index (χ2n) is 6.83. The molecule has 0 unspecified atom stereocenters. The van der Waals surface area contributed by atoms with E-state index in [1.807, 2.05) is 6.92 Å². The zero-order chi connectivity index (χ0) is 14.7. The van der Waals surface area contributed by atoms with E-state index in [4.69, 9.17) is 0 Å². The van der Waals surface area contributed by atoms with Crippen LogP contribution >= 0.6 is 11.3 Å². The van der Waals surface area contributed by atoms with Crippen molar-refractivity contribution in [1.82, 2.24) is 14.2 Å². The Kier molecular flexibility index (Phi) is 3.19. The van der Waals surface area contributed by atoms with E-state index >= 15 is 0 Å². The first kappa shape index (κ1) is 14.1. The van der Waals surface area contributed by atoms with E-state index in [1.54, 1.807) is 15.6 Å². The molecule has 1 aromatic rings. The van der Waals surface area contributed by atoms with Crippen molar-refractivity contribution in [2.75, 3.05) is 26.2 Å². The van der Waals surface area contributed by atoms with E-state index in [0.717, 1.165) is 62.7 Å². The second kappa shape index (κ2) is 4.75. The van der Waals surface area contributed by atoms with Gasteiger partial charge in [0.25, 0.3) is 0 Å². The van der Waals surface area contributed by atoms with Crippen molar-refractivity contribution in [1.29, 1.82) is 0 Å². The summed E-state index contributed by atoms with van der Waals surface area (Å²) >= 11 is 1.70. The van der Waals surface area contributed by atoms with Crippen molar-refractivity contribution in [2.45, 2.75) is 38.0 Å². The van der Waals surface area contributed by atoms with Crippen LogP contribution in [0.1, 0.15) is 30.0 Å². The van der Waals surface area contributed by atoms with Crippen molar-refractivity contribution in [3.63, 3.8) is 0 Å². The van der Waals surface area contributed by atoms with Gasteiger partial charge in [0.15, 0.2) is 0 Å². The Labute approximate surface area is 130 Å². The average Bonchev–Trinajstić information content (AvgIpc) is 3.06. The van der Waals surface area contributed by atoms with Crippen LogP contribution in [0, 0.1) is 12.3 Å². The Morgan fingerprint density at radius 1 is 1.38 bits per heavy atom. The summed E-state index contributed by atoms with van der Waals surface area (Å²) < 4.78 is 26.1. The zero-order valence-corrected chi connectivity index (χ0v) is 13.9. The number of thiazole rings is 1. The molecule has 0 N–H and O–H groups in total. The van der Waals surface area contributed by atoms with Gasteiger partial charge in [-0.05, 0) is 32.7 Å². The molecule has 116 valence electrons. The van der Waals surface area contributed by atoms with Crippen molar-refractivity contribution >= 4 is 21.4 Å². The molecule has 5 nitrogen and oxygen atoms in total. The van der Waals surface area contributed by atoms with Gasteiger partial charge in [-0.1, -0.05) is 0 Å². The van der Waals surface area contributed by atoms with Crippen molar-refractivity contribution in [3.8, 4) is 0 Å². The lowest BCUT2D eigenvalue weighted by molar-refractivity contribution is 0.0767. The highest BCUT2D eigenvalue weighted by Crippen LogP contribution is 2.44. The predicted octanol–water partition coefficient (Wildman–Crippen LogP) is 1.45. The minimum absolute atomic E-state index is 0.0645. The molecule has 3 aliphatic rings. The molecule has 2 aliphatic heterocycles. The summed E-state index contributed by atoms with van der Waals surface area (Å²) in [5.41, 5.74) is 1.36. The monoisotopic (exact) mass is 327 g/mol. The number of aromatic nitrogens is 1. The summed E-state index contributed by atoms with van der Waals surface area (Å²) in [4.78, 5) is 6.95. The first-order valence-corrected chi connectivity index (χ1v) is 9.98. The lowest BCUT2D eigenvalue weighted by Crippen LogP contribution is -2.60. The van der Waals surface area contributed by atoms with Gasteiger partial charge in [0.1, 0.15) is 0 Å². The van der Waals surface area contributed by atoms with Gasteiger partial charge in [-0.15, -0.1) is 11.3 Å². The number of rotatable bonds is 4. The molecule has 0 amide bonds. The molecular weight excluding hydrogens is 306 g/mol. The Morgan fingerprint density at radius 3 is 2.76 bits per heavy atom. The van der Waals surface area contributed by atoms with Crippen LogP contribution in [0.5, 0.6) is 0 Å². The minimum atomic E-state index is -2.96. The second-order valence-corrected chi connectivity index (χ2v) is 10.1. The zero-order valence-electron chi connectivity index (χ0n) is 12.3. The first-order chi connectivity index (χ1) is 9.97. The van der Waals surface area contributed by atoms with E-state index in [0.29, 0.717) is 0 Å². The maximum absolute atomic E-state index is 12.2. The summed E-state index contributed by atoms with van der Waals surface area (Å²) in [5.74, 6) is 0. The largest absolute Gasteiger partial charge is 0.297 e. The number of hydrogen-bond donors (Lipinski definition) is 0. The van der Waals surface area contributed by atoms with Crippen molar-refractivity contribution in [2.24, 2.45) is 5.41 Å². The molecule has 21 heavy (non-hydrogen) atoms. The SMILES string of the molecule is Cc1nc(CN2CCC3(C2)CN(S(=O)(=O)C2CC2)C3)cs1. The normalized spacial score (nSPS) is 26.3. The van der Waals surface area contributed by atoms with Crippen LogP contribution < -0.4 is 0 Å². The molecule has 2 saturated heterocycles. The molecule has 0 aromatic carbocycles. The van der Waals surface area contributed by atoms with Crippen molar-refractivity contribution in [3.05, 3.63) is 16.1 Å². The summed E-state index contributed by atoms with van der Waals surface area (Å²) in [6.45, 7) is 6.48. The van der Waals surface area contributed by atoms with Gasteiger partial charge in [0, 0.05) is 37.0 Å². The molecule has 7 heteroatoms. The topological polar surface area (TPSA) is 53.5 Å².